The Hall–Kier alpha value is -1.95. The lowest BCUT2D eigenvalue weighted by molar-refractivity contribution is 0.145. The number of aromatic nitrogens is 1. The van der Waals surface area contributed by atoms with E-state index in [4.69, 9.17) is 15.3 Å². The summed E-state index contributed by atoms with van der Waals surface area (Å²) < 4.78 is 10.8. The van der Waals surface area contributed by atoms with Crippen LogP contribution in [0.4, 0.5) is 0 Å². The van der Waals surface area contributed by atoms with Gasteiger partial charge in [-0.3, -0.25) is 10.8 Å². The summed E-state index contributed by atoms with van der Waals surface area (Å²) in [6.07, 6.45) is 3.59. The number of benzene rings is 1. The molecule has 0 fully saturated rings. The van der Waals surface area contributed by atoms with E-state index in [1.54, 1.807) is 13.3 Å². The molecule has 1 aromatic carbocycles. The number of nitrogens with two attached hydrogens (primary N) is 1. The molecule has 3 N–H and O–H groups in total. The molecule has 0 spiro atoms. The fraction of sp³-hybridized carbons (Fsp3) is 0.312. The van der Waals surface area contributed by atoms with E-state index in [2.05, 4.69) is 10.4 Å². The van der Waals surface area contributed by atoms with Gasteiger partial charge >= 0.3 is 0 Å². The van der Waals surface area contributed by atoms with E-state index in [1.807, 2.05) is 43.5 Å². The molecular weight excluding hydrogens is 266 g/mol. The number of para-hydroxylation sites is 1. The largest absolute Gasteiger partial charge is 0.491 e. The summed E-state index contributed by atoms with van der Waals surface area (Å²) in [6, 6.07) is 9.68. The van der Waals surface area contributed by atoms with Gasteiger partial charge in [0.15, 0.2) is 0 Å². The molecular formula is C16H21N3O2. The molecule has 0 amide bonds. The second kappa shape index (κ2) is 7.73. The van der Waals surface area contributed by atoms with Gasteiger partial charge in [-0.15, -0.1) is 0 Å². The third-order valence-electron chi connectivity index (χ3n) is 3.32. The first-order chi connectivity index (χ1) is 10.3. The summed E-state index contributed by atoms with van der Waals surface area (Å²) in [5.41, 5.74) is 6.01. The van der Waals surface area contributed by atoms with Gasteiger partial charge in [0, 0.05) is 25.1 Å². The monoisotopic (exact) mass is 287 g/mol. The Morgan fingerprint density at radius 3 is 2.71 bits per heavy atom. The van der Waals surface area contributed by atoms with Crippen molar-refractivity contribution in [2.45, 2.75) is 13.0 Å². The summed E-state index contributed by atoms with van der Waals surface area (Å²) in [5, 5.41) is 0. The standard InChI is InChI=1S/C16H21N3O2/c1-12-11-18-8-7-13(12)16(19-17)14-5-3-4-6-15(14)21-10-9-20-2/h3-8,11,16,19H,9-10,17H2,1-2H3. The Balaban J connectivity index is 2.32. The minimum Gasteiger partial charge on any atom is -0.491 e. The number of hydrogen-bond acceptors (Lipinski definition) is 5. The molecule has 5 nitrogen and oxygen atoms in total. The van der Waals surface area contributed by atoms with Crippen molar-refractivity contribution >= 4 is 0 Å². The van der Waals surface area contributed by atoms with Gasteiger partial charge in [-0.2, -0.15) is 0 Å². The fourth-order valence-corrected chi connectivity index (χ4v) is 2.24. The number of hydrogen-bond donors (Lipinski definition) is 2. The van der Waals surface area contributed by atoms with Crippen molar-refractivity contribution in [3.63, 3.8) is 0 Å². The average molecular weight is 287 g/mol. The molecule has 0 bridgehead atoms. The van der Waals surface area contributed by atoms with Crippen molar-refractivity contribution in [1.82, 2.24) is 10.4 Å². The molecule has 1 atom stereocenters. The lowest BCUT2D eigenvalue weighted by Gasteiger charge is -2.21. The van der Waals surface area contributed by atoms with Crippen LogP contribution in [0.5, 0.6) is 5.75 Å². The van der Waals surface area contributed by atoms with Crippen molar-refractivity contribution in [3.8, 4) is 5.75 Å². The third-order valence-corrected chi connectivity index (χ3v) is 3.32. The molecule has 112 valence electrons. The maximum atomic E-state index is 5.79. The normalized spacial score (nSPS) is 12.1. The zero-order valence-electron chi connectivity index (χ0n) is 12.4. The maximum absolute atomic E-state index is 5.79. The number of aryl methyl sites for hydroxylation is 1. The summed E-state index contributed by atoms with van der Waals surface area (Å²) in [4.78, 5) is 4.12. The van der Waals surface area contributed by atoms with Gasteiger partial charge in [-0.1, -0.05) is 18.2 Å². The van der Waals surface area contributed by atoms with E-state index in [0.29, 0.717) is 13.2 Å². The zero-order valence-corrected chi connectivity index (χ0v) is 12.4. The van der Waals surface area contributed by atoms with Crippen LogP contribution in [0.2, 0.25) is 0 Å². The quantitative estimate of drug-likeness (QED) is 0.463. The second-order valence-electron chi connectivity index (χ2n) is 4.71. The van der Waals surface area contributed by atoms with Crippen LogP contribution < -0.4 is 16.0 Å². The van der Waals surface area contributed by atoms with Crippen LogP contribution in [0.15, 0.2) is 42.7 Å². The van der Waals surface area contributed by atoms with Crippen molar-refractivity contribution in [3.05, 3.63) is 59.4 Å². The summed E-state index contributed by atoms with van der Waals surface area (Å²) >= 11 is 0. The number of methoxy groups -OCH3 is 1. The van der Waals surface area contributed by atoms with Crippen LogP contribution in [0.1, 0.15) is 22.7 Å². The molecule has 21 heavy (non-hydrogen) atoms. The van der Waals surface area contributed by atoms with Gasteiger partial charge in [0.2, 0.25) is 0 Å². The molecule has 2 aromatic rings. The molecule has 1 aromatic heterocycles. The minimum absolute atomic E-state index is 0.147. The Morgan fingerprint density at radius 2 is 2.00 bits per heavy atom. The van der Waals surface area contributed by atoms with E-state index >= 15 is 0 Å². The molecule has 0 aliphatic heterocycles. The highest BCUT2D eigenvalue weighted by Gasteiger charge is 2.18. The van der Waals surface area contributed by atoms with Gasteiger partial charge in [-0.05, 0) is 30.2 Å². The Kier molecular flexibility index (Phi) is 5.68. The first-order valence-electron chi connectivity index (χ1n) is 6.85. The van der Waals surface area contributed by atoms with Gasteiger partial charge < -0.3 is 9.47 Å². The molecule has 1 heterocycles. The topological polar surface area (TPSA) is 69.4 Å². The molecule has 2 rings (SSSR count). The van der Waals surface area contributed by atoms with Crippen molar-refractivity contribution in [2.24, 2.45) is 5.84 Å². The van der Waals surface area contributed by atoms with Crippen LogP contribution in [-0.4, -0.2) is 25.3 Å². The highest BCUT2D eigenvalue weighted by Crippen LogP contribution is 2.30. The van der Waals surface area contributed by atoms with Gasteiger partial charge in [0.25, 0.3) is 0 Å². The predicted octanol–water partition coefficient (Wildman–Crippen LogP) is 1.97. The SMILES string of the molecule is COCCOc1ccccc1C(NN)c1ccncc1C. The van der Waals surface area contributed by atoms with E-state index in [0.717, 1.165) is 22.4 Å². The van der Waals surface area contributed by atoms with Gasteiger partial charge in [0.1, 0.15) is 12.4 Å². The van der Waals surface area contributed by atoms with Crippen LogP contribution in [0.3, 0.4) is 0 Å². The molecule has 0 saturated heterocycles. The van der Waals surface area contributed by atoms with E-state index in [1.165, 1.54) is 0 Å². The zero-order chi connectivity index (χ0) is 15.1. The van der Waals surface area contributed by atoms with Crippen molar-refractivity contribution in [2.75, 3.05) is 20.3 Å². The lowest BCUT2D eigenvalue weighted by atomic mass is 9.96. The Labute approximate surface area is 125 Å². The minimum atomic E-state index is -0.147. The number of nitrogens with zero attached hydrogens (tertiary/aromatic N) is 1. The van der Waals surface area contributed by atoms with E-state index in [9.17, 15) is 0 Å². The van der Waals surface area contributed by atoms with Gasteiger partial charge in [-0.25, -0.2) is 5.43 Å². The van der Waals surface area contributed by atoms with Crippen LogP contribution in [-0.2, 0) is 4.74 Å². The maximum Gasteiger partial charge on any atom is 0.124 e. The molecule has 0 aliphatic rings. The van der Waals surface area contributed by atoms with E-state index < -0.39 is 0 Å². The van der Waals surface area contributed by atoms with Crippen LogP contribution in [0.25, 0.3) is 0 Å². The fourth-order valence-electron chi connectivity index (χ4n) is 2.24. The predicted molar refractivity (Wildman–Crippen MR) is 82.0 cm³/mol. The van der Waals surface area contributed by atoms with Crippen molar-refractivity contribution in [1.29, 1.82) is 0 Å². The molecule has 5 heteroatoms. The number of rotatable bonds is 7. The third kappa shape index (κ3) is 3.78. The first kappa shape index (κ1) is 15.4. The smallest absolute Gasteiger partial charge is 0.124 e. The second-order valence-corrected chi connectivity index (χ2v) is 4.71. The Morgan fingerprint density at radius 1 is 1.19 bits per heavy atom. The molecule has 0 aliphatic carbocycles. The van der Waals surface area contributed by atoms with Crippen LogP contribution in [0, 0.1) is 6.92 Å². The van der Waals surface area contributed by atoms with Crippen LogP contribution >= 0.6 is 0 Å². The molecule has 0 saturated carbocycles. The summed E-state index contributed by atoms with van der Waals surface area (Å²) in [5.74, 6) is 6.58. The number of nitrogens with one attached hydrogen (secondary N) is 1. The molecule has 1 unspecified atom stereocenters. The highest BCUT2D eigenvalue weighted by molar-refractivity contribution is 5.43. The Bertz CT molecular complexity index is 575. The average Bonchev–Trinajstić information content (AvgIpc) is 2.51. The van der Waals surface area contributed by atoms with E-state index in [-0.39, 0.29) is 6.04 Å². The number of hydrazine groups is 1. The summed E-state index contributed by atoms with van der Waals surface area (Å²) in [7, 11) is 1.65. The number of ether oxygens (including phenoxy) is 2. The highest BCUT2D eigenvalue weighted by atomic mass is 16.5. The van der Waals surface area contributed by atoms with Gasteiger partial charge in [0.05, 0.1) is 12.6 Å². The van der Waals surface area contributed by atoms with Crippen molar-refractivity contribution < 1.29 is 9.47 Å². The first-order valence-corrected chi connectivity index (χ1v) is 6.85. The molecule has 0 radical (unpaired) electrons. The lowest BCUT2D eigenvalue weighted by Crippen LogP contribution is -2.30. The summed E-state index contributed by atoms with van der Waals surface area (Å²) in [6.45, 7) is 3.06. The number of pyridine rings is 1.